The van der Waals surface area contributed by atoms with E-state index in [1.807, 2.05) is 0 Å². The molecule has 116 valence electrons. The van der Waals surface area contributed by atoms with Crippen LogP contribution in [0.5, 0.6) is 0 Å². The molecule has 5 aromatic rings. The Hall–Kier alpha value is -2.60. The van der Waals surface area contributed by atoms with Gasteiger partial charge in [-0.25, -0.2) is 0 Å². The summed E-state index contributed by atoms with van der Waals surface area (Å²) >= 11 is 0. The molecule has 5 aromatic carbocycles. The Labute approximate surface area is 142 Å². The van der Waals surface area contributed by atoms with Gasteiger partial charge in [-0.1, -0.05) is 74.5 Å². The average molecular weight is 308 g/mol. The maximum absolute atomic E-state index is 2.33. The van der Waals surface area contributed by atoms with Crippen molar-refractivity contribution in [3.8, 4) is 0 Å². The van der Waals surface area contributed by atoms with E-state index in [-0.39, 0.29) is 0 Å². The molecule has 0 spiro atoms. The first-order valence-corrected chi connectivity index (χ1v) is 8.75. The van der Waals surface area contributed by atoms with Crippen molar-refractivity contribution >= 4 is 43.1 Å². The quantitative estimate of drug-likeness (QED) is 0.227. The maximum Gasteiger partial charge on any atom is -0.00235 e. The molecule has 0 fully saturated rings. The largest absolute Gasteiger partial charge is 0.0610 e. The Kier molecular flexibility index (Phi) is 2.71. The fourth-order valence-corrected chi connectivity index (χ4v) is 4.38. The van der Waals surface area contributed by atoms with Crippen molar-refractivity contribution in [1.82, 2.24) is 0 Å². The molecule has 0 bridgehead atoms. The zero-order chi connectivity index (χ0) is 16.4. The highest BCUT2D eigenvalue weighted by molar-refractivity contribution is 6.33. The lowest BCUT2D eigenvalue weighted by molar-refractivity contribution is 0.877. The normalized spacial score (nSPS) is 12.3. The van der Waals surface area contributed by atoms with Crippen molar-refractivity contribution < 1.29 is 0 Å². The van der Waals surface area contributed by atoms with Crippen molar-refractivity contribution in [3.63, 3.8) is 0 Å². The lowest BCUT2D eigenvalue weighted by Crippen LogP contribution is -1.93. The first kappa shape index (κ1) is 13.8. The molecule has 5 rings (SSSR count). The summed E-state index contributed by atoms with van der Waals surface area (Å²) in [6.45, 7) is 6.77. The number of hydrogen-bond donors (Lipinski definition) is 0. The molecule has 0 amide bonds. The summed E-state index contributed by atoms with van der Waals surface area (Å²) in [5.41, 5.74) is 2.79. The molecule has 0 heterocycles. The van der Waals surface area contributed by atoms with Gasteiger partial charge in [-0.2, -0.15) is 0 Å². The van der Waals surface area contributed by atoms with Crippen LogP contribution in [-0.4, -0.2) is 0 Å². The van der Waals surface area contributed by atoms with E-state index >= 15 is 0 Å². The van der Waals surface area contributed by atoms with Gasteiger partial charge in [-0.3, -0.25) is 0 Å². The van der Waals surface area contributed by atoms with Crippen LogP contribution in [0.15, 0.2) is 60.7 Å². The van der Waals surface area contributed by atoms with Gasteiger partial charge in [0.15, 0.2) is 0 Å². The van der Waals surface area contributed by atoms with E-state index in [4.69, 9.17) is 0 Å². The maximum atomic E-state index is 2.33. The van der Waals surface area contributed by atoms with Crippen molar-refractivity contribution in [2.24, 2.45) is 0 Å². The second-order valence-corrected chi connectivity index (χ2v) is 7.24. The molecule has 0 atom stereocenters. The molecule has 0 aliphatic carbocycles. The fraction of sp³-hybridized carbons (Fsp3) is 0.167. The Bertz CT molecular complexity index is 1200. The van der Waals surface area contributed by atoms with Gasteiger partial charge < -0.3 is 0 Å². The third kappa shape index (κ3) is 1.63. The van der Waals surface area contributed by atoms with Gasteiger partial charge in [-0.05, 0) is 67.1 Å². The molecule has 0 nitrogen and oxygen atoms in total. The molecule has 0 saturated carbocycles. The molecule has 0 heteroatoms. The highest BCUT2D eigenvalue weighted by Crippen LogP contribution is 2.42. The molecule has 0 aliphatic rings. The first-order chi connectivity index (χ1) is 11.7. The van der Waals surface area contributed by atoms with Crippen LogP contribution in [0.25, 0.3) is 43.1 Å². The minimum absolute atomic E-state index is 0.532. The fourth-order valence-electron chi connectivity index (χ4n) is 4.38. The minimum atomic E-state index is 0.532. The van der Waals surface area contributed by atoms with E-state index in [1.54, 1.807) is 0 Å². The minimum Gasteiger partial charge on any atom is -0.0610 e. The van der Waals surface area contributed by atoms with Crippen molar-refractivity contribution in [1.29, 1.82) is 0 Å². The Morgan fingerprint density at radius 1 is 0.542 bits per heavy atom. The van der Waals surface area contributed by atoms with Crippen LogP contribution >= 0.6 is 0 Å². The molecule has 0 aromatic heterocycles. The molecule has 24 heavy (non-hydrogen) atoms. The van der Waals surface area contributed by atoms with Crippen LogP contribution in [0.2, 0.25) is 0 Å². The summed E-state index contributed by atoms with van der Waals surface area (Å²) in [6, 6.07) is 22.8. The monoisotopic (exact) mass is 308 g/mol. The highest BCUT2D eigenvalue weighted by Gasteiger charge is 2.15. The smallest absolute Gasteiger partial charge is 0.00235 e. The molecule has 0 aliphatic heterocycles. The number of aryl methyl sites for hydroxylation is 1. The van der Waals surface area contributed by atoms with Gasteiger partial charge in [0, 0.05) is 0 Å². The predicted molar refractivity (Wildman–Crippen MR) is 106 cm³/mol. The van der Waals surface area contributed by atoms with Crippen molar-refractivity contribution in [3.05, 3.63) is 71.8 Å². The summed E-state index contributed by atoms with van der Waals surface area (Å²) < 4.78 is 0. The van der Waals surface area contributed by atoms with Crippen LogP contribution < -0.4 is 0 Å². The standard InChI is InChI=1S/C24H20/c1-14(2)16-12-13-22-19-8-4-6-17-15(3)10-11-21(23(17)19)20-9-5-7-18(16)24(20)22/h4-14H,1-3H3. The first-order valence-electron chi connectivity index (χ1n) is 8.75. The van der Waals surface area contributed by atoms with Gasteiger partial charge in [0.25, 0.3) is 0 Å². The van der Waals surface area contributed by atoms with E-state index in [1.165, 1.54) is 54.2 Å². The lowest BCUT2D eigenvalue weighted by Gasteiger charge is -2.18. The van der Waals surface area contributed by atoms with E-state index in [0.29, 0.717) is 5.92 Å². The second-order valence-electron chi connectivity index (χ2n) is 7.24. The summed E-state index contributed by atoms with van der Waals surface area (Å²) in [5, 5.41) is 11.1. The summed E-state index contributed by atoms with van der Waals surface area (Å²) in [6.07, 6.45) is 0. The summed E-state index contributed by atoms with van der Waals surface area (Å²) in [4.78, 5) is 0. The van der Waals surface area contributed by atoms with Gasteiger partial charge in [0.1, 0.15) is 0 Å². The van der Waals surface area contributed by atoms with Crippen LogP contribution in [0.3, 0.4) is 0 Å². The number of benzene rings is 5. The Morgan fingerprint density at radius 2 is 1.04 bits per heavy atom. The molecular weight excluding hydrogens is 288 g/mol. The van der Waals surface area contributed by atoms with E-state index in [2.05, 4.69) is 81.4 Å². The van der Waals surface area contributed by atoms with E-state index < -0.39 is 0 Å². The highest BCUT2D eigenvalue weighted by atomic mass is 14.2. The van der Waals surface area contributed by atoms with Crippen LogP contribution in [-0.2, 0) is 0 Å². The van der Waals surface area contributed by atoms with Gasteiger partial charge in [0.2, 0.25) is 0 Å². The van der Waals surface area contributed by atoms with Crippen LogP contribution in [0, 0.1) is 6.92 Å². The molecule has 0 saturated heterocycles. The zero-order valence-electron chi connectivity index (χ0n) is 14.4. The van der Waals surface area contributed by atoms with E-state index in [9.17, 15) is 0 Å². The number of rotatable bonds is 1. The van der Waals surface area contributed by atoms with Gasteiger partial charge in [-0.15, -0.1) is 0 Å². The van der Waals surface area contributed by atoms with E-state index in [0.717, 1.165) is 0 Å². The third-order valence-corrected chi connectivity index (χ3v) is 5.54. The third-order valence-electron chi connectivity index (χ3n) is 5.54. The molecule has 0 unspecified atom stereocenters. The zero-order valence-corrected chi connectivity index (χ0v) is 14.4. The summed E-state index contributed by atoms with van der Waals surface area (Å²) in [5.74, 6) is 0.532. The molecule has 0 radical (unpaired) electrons. The lowest BCUT2D eigenvalue weighted by atomic mass is 9.86. The number of hydrogen-bond acceptors (Lipinski definition) is 0. The second kappa shape index (κ2) is 4.70. The van der Waals surface area contributed by atoms with Crippen LogP contribution in [0.4, 0.5) is 0 Å². The molecular formula is C24H20. The van der Waals surface area contributed by atoms with Gasteiger partial charge >= 0.3 is 0 Å². The SMILES string of the molecule is Cc1ccc2c3cccc4c(C(C)C)ccc(c5cccc1c25)c43. The number of fused-ring (bicyclic) bond motifs is 2. The van der Waals surface area contributed by atoms with Gasteiger partial charge in [0.05, 0.1) is 0 Å². The topological polar surface area (TPSA) is 0 Å². The van der Waals surface area contributed by atoms with Crippen molar-refractivity contribution in [2.45, 2.75) is 26.7 Å². The summed E-state index contributed by atoms with van der Waals surface area (Å²) in [7, 11) is 0. The Balaban J connectivity index is 2.18. The average Bonchev–Trinajstić information content (AvgIpc) is 2.60. The van der Waals surface area contributed by atoms with Crippen molar-refractivity contribution in [2.75, 3.05) is 0 Å². The molecule has 0 N–H and O–H groups in total. The van der Waals surface area contributed by atoms with Crippen LogP contribution in [0.1, 0.15) is 30.9 Å². The predicted octanol–water partition coefficient (Wildman–Crippen LogP) is 7.17. The Morgan fingerprint density at radius 3 is 1.71 bits per heavy atom.